The molecule has 0 atom stereocenters. The van der Waals surface area contributed by atoms with Gasteiger partial charge in [0.2, 0.25) is 5.91 Å². The Labute approximate surface area is 130 Å². The first-order valence-electron chi connectivity index (χ1n) is 7.87. The number of rotatable bonds is 6. The third-order valence-electron chi connectivity index (χ3n) is 4.12. The number of amides is 5. The zero-order valence-electron chi connectivity index (χ0n) is 13.1. The highest BCUT2D eigenvalue weighted by Gasteiger charge is 2.48. The summed E-state index contributed by atoms with van der Waals surface area (Å²) in [6, 6.07) is -0.848. The molecule has 1 aliphatic heterocycles. The van der Waals surface area contributed by atoms with Gasteiger partial charge in [-0.3, -0.25) is 19.3 Å². The van der Waals surface area contributed by atoms with Crippen LogP contribution < -0.4 is 5.32 Å². The lowest BCUT2D eigenvalue weighted by molar-refractivity contribution is -0.144. The van der Waals surface area contributed by atoms with Gasteiger partial charge < -0.3 is 5.32 Å². The Kier molecular flexibility index (Phi) is 5.15. The van der Waals surface area contributed by atoms with Gasteiger partial charge in [0.1, 0.15) is 6.54 Å². The van der Waals surface area contributed by atoms with E-state index in [0.717, 1.165) is 41.9 Å². The van der Waals surface area contributed by atoms with Gasteiger partial charge in [0, 0.05) is 12.6 Å². The fourth-order valence-electron chi connectivity index (χ4n) is 2.85. The summed E-state index contributed by atoms with van der Waals surface area (Å²) >= 11 is 0. The van der Waals surface area contributed by atoms with Crippen LogP contribution in [-0.2, 0) is 14.4 Å². The third kappa shape index (κ3) is 3.45. The summed E-state index contributed by atoms with van der Waals surface area (Å²) in [5.41, 5.74) is 0. The Bertz CT molecular complexity index is 483. The fourth-order valence-corrected chi connectivity index (χ4v) is 2.85. The van der Waals surface area contributed by atoms with Gasteiger partial charge in [-0.05, 0) is 25.2 Å². The highest BCUT2D eigenvalue weighted by atomic mass is 16.2. The van der Waals surface area contributed by atoms with E-state index in [4.69, 9.17) is 0 Å². The standard InChI is InChI=1S/C15H23N3O4/c1-10(2)7-8-16-12(19)9-17-13(20)14(21)18(15(17)22)11-5-3-4-6-11/h10-11H,3-9H2,1-2H3,(H,16,19). The second-order valence-electron chi connectivity index (χ2n) is 6.32. The van der Waals surface area contributed by atoms with Crippen LogP contribution in [0.25, 0.3) is 0 Å². The van der Waals surface area contributed by atoms with Crippen LogP contribution in [0.1, 0.15) is 46.0 Å². The van der Waals surface area contributed by atoms with Crippen molar-refractivity contribution in [3.05, 3.63) is 0 Å². The van der Waals surface area contributed by atoms with Crippen molar-refractivity contribution in [2.45, 2.75) is 52.0 Å². The molecule has 7 nitrogen and oxygen atoms in total. The summed E-state index contributed by atoms with van der Waals surface area (Å²) in [5.74, 6) is -1.65. The monoisotopic (exact) mass is 309 g/mol. The summed E-state index contributed by atoms with van der Waals surface area (Å²) in [7, 11) is 0. The molecule has 1 N–H and O–H groups in total. The average Bonchev–Trinajstić information content (AvgIpc) is 3.03. The zero-order chi connectivity index (χ0) is 16.3. The van der Waals surface area contributed by atoms with Crippen molar-refractivity contribution in [2.24, 2.45) is 5.92 Å². The third-order valence-corrected chi connectivity index (χ3v) is 4.12. The molecule has 0 radical (unpaired) electrons. The van der Waals surface area contributed by atoms with E-state index in [9.17, 15) is 19.2 Å². The lowest BCUT2D eigenvalue weighted by atomic mass is 10.1. The molecule has 0 aromatic rings. The Morgan fingerprint density at radius 3 is 2.41 bits per heavy atom. The van der Waals surface area contributed by atoms with E-state index in [1.807, 2.05) is 13.8 Å². The van der Waals surface area contributed by atoms with E-state index in [-0.39, 0.29) is 12.6 Å². The Hall–Kier alpha value is -1.92. The molecule has 0 aromatic carbocycles. The average molecular weight is 309 g/mol. The largest absolute Gasteiger partial charge is 0.355 e. The summed E-state index contributed by atoms with van der Waals surface area (Å²) in [6.07, 6.45) is 4.19. The van der Waals surface area contributed by atoms with Crippen LogP contribution in [0.15, 0.2) is 0 Å². The van der Waals surface area contributed by atoms with E-state index in [1.165, 1.54) is 0 Å². The first-order chi connectivity index (χ1) is 10.4. The molecule has 7 heteroatoms. The number of hydrogen-bond acceptors (Lipinski definition) is 4. The number of nitrogens with one attached hydrogen (secondary N) is 1. The van der Waals surface area contributed by atoms with Gasteiger partial charge in [-0.2, -0.15) is 0 Å². The molecule has 1 aliphatic carbocycles. The van der Waals surface area contributed by atoms with Crippen molar-refractivity contribution in [3.63, 3.8) is 0 Å². The minimum atomic E-state index is -0.893. The number of carbonyl (C=O) groups is 4. The van der Waals surface area contributed by atoms with Gasteiger partial charge in [0.15, 0.2) is 0 Å². The Balaban J connectivity index is 1.93. The molecule has 22 heavy (non-hydrogen) atoms. The molecule has 0 unspecified atom stereocenters. The number of carbonyl (C=O) groups excluding carboxylic acids is 4. The highest BCUT2D eigenvalue weighted by Crippen LogP contribution is 2.27. The molecule has 2 rings (SSSR count). The molecule has 0 spiro atoms. The Morgan fingerprint density at radius 1 is 1.18 bits per heavy atom. The van der Waals surface area contributed by atoms with Crippen LogP contribution in [-0.4, -0.2) is 52.7 Å². The highest BCUT2D eigenvalue weighted by molar-refractivity contribution is 6.45. The topological polar surface area (TPSA) is 86.8 Å². The summed E-state index contributed by atoms with van der Waals surface area (Å²) < 4.78 is 0. The number of hydrogen-bond donors (Lipinski definition) is 1. The lowest BCUT2D eigenvalue weighted by Crippen LogP contribution is -2.43. The van der Waals surface area contributed by atoms with Gasteiger partial charge >= 0.3 is 17.8 Å². The van der Waals surface area contributed by atoms with Crippen molar-refractivity contribution < 1.29 is 19.2 Å². The molecule has 2 fully saturated rings. The molecule has 1 saturated heterocycles. The molecule has 122 valence electrons. The van der Waals surface area contributed by atoms with Gasteiger partial charge in [0.25, 0.3) is 0 Å². The maximum atomic E-state index is 12.3. The molecule has 0 aromatic heterocycles. The second kappa shape index (κ2) is 6.89. The Morgan fingerprint density at radius 2 is 1.82 bits per heavy atom. The van der Waals surface area contributed by atoms with Gasteiger partial charge in [-0.25, -0.2) is 9.69 Å². The van der Waals surface area contributed by atoms with E-state index in [2.05, 4.69) is 5.32 Å². The van der Waals surface area contributed by atoms with E-state index in [1.54, 1.807) is 0 Å². The summed E-state index contributed by atoms with van der Waals surface area (Å²) in [5, 5.41) is 2.67. The smallest absolute Gasteiger partial charge is 0.334 e. The van der Waals surface area contributed by atoms with Crippen molar-refractivity contribution in [3.8, 4) is 0 Å². The first kappa shape index (κ1) is 16.5. The lowest BCUT2D eigenvalue weighted by Gasteiger charge is -2.20. The van der Waals surface area contributed by atoms with Crippen molar-refractivity contribution in [1.29, 1.82) is 0 Å². The number of imide groups is 2. The summed E-state index contributed by atoms with van der Waals surface area (Å²) in [4.78, 5) is 49.8. The maximum absolute atomic E-state index is 12.3. The number of nitrogens with zero attached hydrogens (tertiary/aromatic N) is 2. The SMILES string of the molecule is CC(C)CCNC(=O)CN1C(=O)C(=O)N(C2CCCC2)C1=O. The van der Waals surface area contributed by atoms with Crippen molar-refractivity contribution in [2.75, 3.05) is 13.1 Å². The maximum Gasteiger partial charge on any atom is 0.334 e. The molecular weight excluding hydrogens is 286 g/mol. The van der Waals surface area contributed by atoms with Crippen LogP contribution >= 0.6 is 0 Å². The molecule has 1 heterocycles. The molecule has 0 bridgehead atoms. The predicted molar refractivity (Wildman–Crippen MR) is 78.7 cm³/mol. The number of urea groups is 1. The van der Waals surface area contributed by atoms with Crippen LogP contribution in [0.3, 0.4) is 0 Å². The first-order valence-corrected chi connectivity index (χ1v) is 7.87. The van der Waals surface area contributed by atoms with Crippen LogP contribution in [0.5, 0.6) is 0 Å². The van der Waals surface area contributed by atoms with Crippen LogP contribution in [0, 0.1) is 5.92 Å². The second-order valence-corrected chi connectivity index (χ2v) is 6.32. The molecule has 1 saturated carbocycles. The van der Waals surface area contributed by atoms with Gasteiger partial charge in [-0.1, -0.05) is 26.7 Å². The van der Waals surface area contributed by atoms with E-state index >= 15 is 0 Å². The van der Waals surface area contributed by atoms with E-state index in [0.29, 0.717) is 12.5 Å². The predicted octanol–water partition coefficient (Wildman–Crippen LogP) is 0.882. The molecule has 5 amide bonds. The zero-order valence-corrected chi connectivity index (χ0v) is 13.1. The van der Waals surface area contributed by atoms with Crippen molar-refractivity contribution in [1.82, 2.24) is 15.1 Å². The van der Waals surface area contributed by atoms with Gasteiger partial charge in [0.05, 0.1) is 0 Å². The van der Waals surface area contributed by atoms with Crippen molar-refractivity contribution >= 4 is 23.8 Å². The minimum Gasteiger partial charge on any atom is -0.355 e. The minimum absolute atomic E-state index is 0.196. The fraction of sp³-hybridized carbons (Fsp3) is 0.733. The van der Waals surface area contributed by atoms with Gasteiger partial charge in [-0.15, -0.1) is 0 Å². The van der Waals surface area contributed by atoms with Crippen LogP contribution in [0.4, 0.5) is 4.79 Å². The van der Waals surface area contributed by atoms with E-state index < -0.39 is 23.8 Å². The quantitative estimate of drug-likeness (QED) is 0.583. The normalized spacial score (nSPS) is 19.7. The van der Waals surface area contributed by atoms with Crippen LogP contribution in [0.2, 0.25) is 0 Å². The summed E-state index contributed by atoms with van der Waals surface area (Å²) in [6.45, 7) is 4.19. The molecular formula is C15H23N3O4. The molecule has 2 aliphatic rings.